The third-order valence-electron chi connectivity index (χ3n) is 3.54. The second kappa shape index (κ2) is 7.02. The highest BCUT2D eigenvalue weighted by Gasteiger charge is 2.14. The lowest BCUT2D eigenvalue weighted by Gasteiger charge is -2.11. The summed E-state index contributed by atoms with van der Waals surface area (Å²) >= 11 is 1.59. The Morgan fingerprint density at radius 2 is 2.20 bits per heavy atom. The topological polar surface area (TPSA) is 50.1 Å². The van der Waals surface area contributed by atoms with E-state index in [4.69, 9.17) is 0 Å². The highest BCUT2D eigenvalue weighted by Crippen LogP contribution is 2.19. The van der Waals surface area contributed by atoms with Gasteiger partial charge in [0.15, 0.2) is 0 Å². The van der Waals surface area contributed by atoms with Gasteiger partial charge in [0.1, 0.15) is 6.10 Å². The summed E-state index contributed by atoms with van der Waals surface area (Å²) in [5.41, 5.74) is 3.72. The van der Waals surface area contributed by atoms with Crippen molar-refractivity contribution in [1.29, 1.82) is 0 Å². The van der Waals surface area contributed by atoms with Crippen molar-refractivity contribution in [2.75, 3.05) is 6.54 Å². The number of hydrogen-bond donors (Lipinski definition) is 2. The fraction of sp³-hybridized carbons (Fsp3) is 0.533. The molecular weight excluding hydrogens is 270 g/mol. The van der Waals surface area contributed by atoms with Crippen LogP contribution in [0, 0.1) is 0 Å². The first-order valence-electron chi connectivity index (χ1n) is 7.13. The molecular formula is C15H23N3OS. The van der Waals surface area contributed by atoms with Crippen molar-refractivity contribution in [1.82, 2.24) is 15.1 Å². The molecule has 2 N–H and O–H groups in total. The lowest BCUT2D eigenvalue weighted by molar-refractivity contribution is 0.178. The lowest BCUT2D eigenvalue weighted by atomic mass is 10.1. The first-order valence-corrected chi connectivity index (χ1v) is 8.01. The first kappa shape index (κ1) is 15.2. The van der Waals surface area contributed by atoms with Crippen molar-refractivity contribution in [3.63, 3.8) is 0 Å². The van der Waals surface area contributed by atoms with Crippen molar-refractivity contribution in [2.24, 2.45) is 7.05 Å². The summed E-state index contributed by atoms with van der Waals surface area (Å²) in [4.78, 5) is 1.01. The zero-order valence-corrected chi connectivity index (χ0v) is 13.2. The summed E-state index contributed by atoms with van der Waals surface area (Å²) in [5.74, 6) is 0. The quantitative estimate of drug-likeness (QED) is 0.824. The summed E-state index contributed by atoms with van der Waals surface area (Å²) < 4.78 is 1.98. The molecule has 0 aliphatic rings. The number of nitrogens with zero attached hydrogens (tertiary/aromatic N) is 2. The van der Waals surface area contributed by atoms with Gasteiger partial charge in [0, 0.05) is 36.3 Å². The van der Waals surface area contributed by atoms with Crippen LogP contribution < -0.4 is 5.32 Å². The number of hydrogen-bond acceptors (Lipinski definition) is 4. The van der Waals surface area contributed by atoms with Crippen LogP contribution in [-0.2, 0) is 26.4 Å². The Balaban J connectivity index is 1.97. The van der Waals surface area contributed by atoms with Gasteiger partial charge < -0.3 is 10.4 Å². The van der Waals surface area contributed by atoms with Crippen LogP contribution >= 0.6 is 11.3 Å². The molecule has 5 heteroatoms. The fourth-order valence-corrected chi connectivity index (χ4v) is 3.22. The van der Waals surface area contributed by atoms with E-state index in [0.717, 1.165) is 30.0 Å². The number of aryl methyl sites for hydroxylation is 2. The van der Waals surface area contributed by atoms with E-state index in [1.807, 2.05) is 29.2 Å². The summed E-state index contributed by atoms with van der Waals surface area (Å²) in [6, 6.07) is 3.94. The molecule has 0 bridgehead atoms. The average molecular weight is 293 g/mol. The normalized spacial score (nSPS) is 12.8. The van der Waals surface area contributed by atoms with Gasteiger partial charge in [-0.05, 0) is 24.3 Å². The van der Waals surface area contributed by atoms with Gasteiger partial charge >= 0.3 is 0 Å². The predicted molar refractivity (Wildman–Crippen MR) is 82.9 cm³/mol. The van der Waals surface area contributed by atoms with E-state index in [9.17, 15) is 5.11 Å². The Bertz CT molecular complexity index is 534. The van der Waals surface area contributed by atoms with Gasteiger partial charge in [0.2, 0.25) is 0 Å². The maximum atomic E-state index is 10.1. The predicted octanol–water partition coefficient (Wildman–Crippen LogP) is 2.43. The molecule has 20 heavy (non-hydrogen) atoms. The molecule has 1 atom stereocenters. The lowest BCUT2D eigenvalue weighted by Crippen LogP contribution is -2.21. The zero-order chi connectivity index (χ0) is 14.5. The van der Waals surface area contributed by atoms with E-state index in [0.29, 0.717) is 6.54 Å². The maximum Gasteiger partial charge on any atom is 0.101 e. The molecule has 0 aliphatic heterocycles. The molecule has 0 saturated heterocycles. The number of thiophene rings is 1. The van der Waals surface area contributed by atoms with Gasteiger partial charge in [-0.2, -0.15) is 5.10 Å². The molecule has 110 valence electrons. The van der Waals surface area contributed by atoms with Crippen molar-refractivity contribution >= 4 is 11.3 Å². The van der Waals surface area contributed by atoms with Gasteiger partial charge in [0.05, 0.1) is 5.69 Å². The van der Waals surface area contributed by atoms with E-state index < -0.39 is 6.10 Å². The number of aromatic nitrogens is 2. The van der Waals surface area contributed by atoms with Crippen molar-refractivity contribution < 1.29 is 5.11 Å². The van der Waals surface area contributed by atoms with Crippen molar-refractivity contribution in [3.05, 3.63) is 39.3 Å². The highest BCUT2D eigenvalue weighted by atomic mass is 32.1. The van der Waals surface area contributed by atoms with Gasteiger partial charge in [-0.25, -0.2) is 0 Å². The number of aliphatic hydroxyl groups excluding tert-OH is 1. The van der Waals surface area contributed by atoms with Crippen LogP contribution in [0.5, 0.6) is 0 Å². The Hall–Kier alpha value is -1.17. The monoisotopic (exact) mass is 293 g/mol. The molecule has 0 spiro atoms. The largest absolute Gasteiger partial charge is 0.386 e. The molecule has 0 saturated carbocycles. The van der Waals surface area contributed by atoms with Gasteiger partial charge in [-0.3, -0.25) is 4.68 Å². The Morgan fingerprint density at radius 1 is 1.40 bits per heavy atom. The zero-order valence-electron chi connectivity index (χ0n) is 12.4. The third kappa shape index (κ3) is 3.29. The number of aliphatic hydroxyl groups is 1. The second-order valence-corrected chi connectivity index (χ2v) is 5.84. The summed E-state index contributed by atoms with van der Waals surface area (Å²) in [5, 5.41) is 20.0. The molecule has 0 radical (unpaired) electrons. The minimum atomic E-state index is -0.429. The van der Waals surface area contributed by atoms with Gasteiger partial charge in [-0.1, -0.05) is 19.9 Å². The minimum absolute atomic E-state index is 0.429. The number of nitrogens with one attached hydrogen (secondary N) is 1. The van der Waals surface area contributed by atoms with Gasteiger partial charge in [0.25, 0.3) is 0 Å². The molecule has 0 aromatic carbocycles. The van der Waals surface area contributed by atoms with Crippen LogP contribution in [0.3, 0.4) is 0 Å². The second-order valence-electron chi connectivity index (χ2n) is 4.86. The van der Waals surface area contributed by atoms with Crippen molar-refractivity contribution in [2.45, 2.75) is 39.3 Å². The number of rotatable bonds is 7. The first-order chi connectivity index (χ1) is 9.67. The Kier molecular flexibility index (Phi) is 5.34. The molecule has 0 aliphatic carbocycles. The maximum absolute atomic E-state index is 10.1. The molecule has 4 nitrogen and oxygen atoms in total. The molecule has 2 aromatic rings. The Labute approximate surface area is 124 Å². The van der Waals surface area contributed by atoms with Crippen LogP contribution in [0.1, 0.15) is 41.8 Å². The molecule has 0 fully saturated rings. The Morgan fingerprint density at radius 3 is 2.80 bits per heavy atom. The minimum Gasteiger partial charge on any atom is -0.386 e. The van der Waals surface area contributed by atoms with Crippen LogP contribution in [0.25, 0.3) is 0 Å². The average Bonchev–Trinajstić information content (AvgIpc) is 3.06. The van der Waals surface area contributed by atoms with E-state index in [-0.39, 0.29) is 0 Å². The van der Waals surface area contributed by atoms with E-state index >= 15 is 0 Å². The SMILES string of the molecule is CCc1nn(C)c(CC)c1CNCC(O)c1cccs1. The third-order valence-corrected chi connectivity index (χ3v) is 4.51. The fourth-order valence-electron chi connectivity index (χ4n) is 2.51. The van der Waals surface area contributed by atoms with E-state index in [2.05, 4.69) is 24.3 Å². The summed E-state index contributed by atoms with van der Waals surface area (Å²) in [6.45, 7) is 5.62. The van der Waals surface area contributed by atoms with Gasteiger partial charge in [-0.15, -0.1) is 11.3 Å². The smallest absolute Gasteiger partial charge is 0.101 e. The molecule has 2 heterocycles. The van der Waals surface area contributed by atoms with Crippen LogP contribution in [0.2, 0.25) is 0 Å². The van der Waals surface area contributed by atoms with Crippen LogP contribution in [0.4, 0.5) is 0 Å². The summed E-state index contributed by atoms with van der Waals surface area (Å²) in [6.07, 6.45) is 1.49. The van der Waals surface area contributed by atoms with Crippen molar-refractivity contribution in [3.8, 4) is 0 Å². The highest BCUT2D eigenvalue weighted by molar-refractivity contribution is 7.10. The van der Waals surface area contributed by atoms with E-state index in [1.165, 1.54) is 11.3 Å². The molecule has 0 amide bonds. The standard InChI is InChI=1S/C15H23N3OS/c1-4-12-11(13(5-2)18(3)17-12)9-16-10-14(19)15-7-6-8-20-15/h6-8,14,16,19H,4-5,9-10H2,1-3H3. The molecule has 2 rings (SSSR count). The summed E-state index contributed by atoms with van der Waals surface area (Å²) in [7, 11) is 2.00. The van der Waals surface area contributed by atoms with Crippen LogP contribution in [0.15, 0.2) is 17.5 Å². The molecule has 1 unspecified atom stereocenters. The van der Waals surface area contributed by atoms with Crippen LogP contribution in [-0.4, -0.2) is 21.4 Å². The molecule has 2 aromatic heterocycles. The van der Waals surface area contributed by atoms with E-state index in [1.54, 1.807) is 11.3 Å².